The number of aryl methyl sites for hydroxylation is 1. The molecule has 0 aliphatic rings. The number of ether oxygens (including phenoxy) is 1. The largest absolute Gasteiger partial charge is 0.490 e. The summed E-state index contributed by atoms with van der Waals surface area (Å²) in [5.41, 5.74) is 2.33. The molecule has 0 spiro atoms. The van der Waals surface area contributed by atoms with Gasteiger partial charge in [-0.25, -0.2) is 14.4 Å². The van der Waals surface area contributed by atoms with Crippen molar-refractivity contribution in [2.75, 3.05) is 6.61 Å². The van der Waals surface area contributed by atoms with Gasteiger partial charge in [0.1, 0.15) is 0 Å². The average Bonchev–Trinajstić information content (AvgIpc) is 2.78. The van der Waals surface area contributed by atoms with Gasteiger partial charge in [0.25, 0.3) is 0 Å². The quantitative estimate of drug-likeness (QED) is 0.239. The van der Waals surface area contributed by atoms with E-state index in [0.29, 0.717) is 6.42 Å². The van der Waals surface area contributed by atoms with E-state index in [2.05, 4.69) is 41.2 Å². The first kappa shape index (κ1) is 25.3. The molecule has 0 radical (unpaired) electrons. The molecule has 31 heavy (non-hydrogen) atoms. The number of unbranched alkanes of at least 4 members (excludes halogenated alkanes) is 9. The molecule has 3 nitrogen and oxygen atoms in total. The molecule has 0 saturated heterocycles. The summed E-state index contributed by atoms with van der Waals surface area (Å²) in [5, 5.41) is 0. The molecule has 1 heterocycles. The standard InChI is InChI=1S/C27H41FN2O/c1-3-4-5-6-7-8-9-13-20-31-26-21-29-27(30-22-26)25-18-16-24(17-19-25)15-12-10-11-14-23(2)28/h16-19,21-23H,3-15,20H2,1-2H3. The molecule has 0 N–H and O–H groups in total. The fraction of sp³-hybridized carbons (Fsp3) is 0.630. The number of rotatable bonds is 17. The first-order chi connectivity index (χ1) is 15.2. The Hall–Kier alpha value is -1.97. The van der Waals surface area contributed by atoms with Gasteiger partial charge in [0.05, 0.1) is 25.2 Å². The molecule has 2 rings (SSSR count). The van der Waals surface area contributed by atoms with Gasteiger partial charge in [-0.1, -0.05) is 89.0 Å². The summed E-state index contributed by atoms with van der Waals surface area (Å²) in [6, 6.07) is 8.44. The molecule has 1 aromatic heterocycles. The fourth-order valence-electron chi connectivity index (χ4n) is 3.72. The van der Waals surface area contributed by atoms with Gasteiger partial charge in [0, 0.05) is 5.56 Å². The summed E-state index contributed by atoms with van der Waals surface area (Å²) in [7, 11) is 0. The van der Waals surface area contributed by atoms with Crippen molar-refractivity contribution < 1.29 is 9.13 Å². The van der Waals surface area contributed by atoms with Crippen molar-refractivity contribution in [2.45, 2.75) is 103 Å². The molecule has 0 fully saturated rings. The second-order valence-electron chi connectivity index (χ2n) is 8.64. The Bertz CT molecular complexity index is 685. The minimum Gasteiger partial charge on any atom is -0.490 e. The lowest BCUT2D eigenvalue weighted by molar-refractivity contribution is 0.302. The Morgan fingerprint density at radius 3 is 2.06 bits per heavy atom. The predicted octanol–water partition coefficient (Wildman–Crippen LogP) is 8.12. The molecule has 1 aromatic carbocycles. The molecule has 4 heteroatoms. The Kier molecular flexibility index (Phi) is 12.9. The second kappa shape index (κ2) is 15.8. The second-order valence-corrected chi connectivity index (χ2v) is 8.64. The van der Waals surface area contributed by atoms with E-state index in [1.54, 1.807) is 19.3 Å². The zero-order valence-corrected chi connectivity index (χ0v) is 19.6. The molecule has 0 bridgehead atoms. The van der Waals surface area contributed by atoms with Gasteiger partial charge < -0.3 is 4.74 Å². The van der Waals surface area contributed by atoms with E-state index < -0.39 is 6.17 Å². The Balaban J connectivity index is 1.63. The molecule has 0 aliphatic carbocycles. The number of halogens is 1. The van der Waals surface area contributed by atoms with E-state index in [0.717, 1.165) is 55.8 Å². The highest BCUT2D eigenvalue weighted by Crippen LogP contribution is 2.19. The van der Waals surface area contributed by atoms with Gasteiger partial charge in [0.2, 0.25) is 0 Å². The van der Waals surface area contributed by atoms with Crippen LogP contribution in [0.25, 0.3) is 11.4 Å². The van der Waals surface area contributed by atoms with Crippen molar-refractivity contribution in [3.05, 3.63) is 42.2 Å². The van der Waals surface area contributed by atoms with Gasteiger partial charge in [-0.3, -0.25) is 0 Å². The van der Waals surface area contributed by atoms with E-state index >= 15 is 0 Å². The van der Waals surface area contributed by atoms with Gasteiger partial charge >= 0.3 is 0 Å². The van der Waals surface area contributed by atoms with Crippen LogP contribution in [0.1, 0.15) is 96.5 Å². The normalized spacial score (nSPS) is 12.1. The maximum atomic E-state index is 12.8. The highest BCUT2D eigenvalue weighted by atomic mass is 19.1. The van der Waals surface area contributed by atoms with E-state index in [-0.39, 0.29) is 0 Å². The molecule has 0 amide bonds. The Morgan fingerprint density at radius 1 is 0.806 bits per heavy atom. The first-order valence-electron chi connectivity index (χ1n) is 12.4. The highest BCUT2D eigenvalue weighted by Gasteiger charge is 2.04. The van der Waals surface area contributed by atoms with Crippen molar-refractivity contribution in [1.29, 1.82) is 0 Å². The van der Waals surface area contributed by atoms with E-state index in [4.69, 9.17) is 4.74 Å². The topological polar surface area (TPSA) is 35.0 Å². The number of aromatic nitrogens is 2. The summed E-state index contributed by atoms with van der Waals surface area (Å²) in [4.78, 5) is 8.93. The highest BCUT2D eigenvalue weighted by molar-refractivity contribution is 5.55. The fourth-order valence-corrected chi connectivity index (χ4v) is 3.72. The van der Waals surface area contributed by atoms with Crippen LogP contribution in [0.5, 0.6) is 5.75 Å². The van der Waals surface area contributed by atoms with Gasteiger partial charge in [0.15, 0.2) is 11.6 Å². The summed E-state index contributed by atoms with van der Waals surface area (Å²) < 4.78 is 18.6. The molecular weight excluding hydrogens is 387 g/mol. The third-order valence-corrected chi connectivity index (χ3v) is 5.67. The summed E-state index contributed by atoms with van der Waals surface area (Å²) >= 11 is 0. The molecular formula is C27H41FN2O. The maximum Gasteiger partial charge on any atom is 0.159 e. The molecule has 1 atom stereocenters. The summed E-state index contributed by atoms with van der Waals surface area (Å²) in [6.07, 6.45) is 18.1. The number of hydrogen-bond acceptors (Lipinski definition) is 3. The van der Waals surface area contributed by atoms with Crippen LogP contribution in [0.3, 0.4) is 0 Å². The lowest BCUT2D eigenvalue weighted by Gasteiger charge is -2.07. The summed E-state index contributed by atoms with van der Waals surface area (Å²) in [5.74, 6) is 1.47. The van der Waals surface area contributed by atoms with Crippen molar-refractivity contribution >= 4 is 0 Å². The summed E-state index contributed by atoms with van der Waals surface area (Å²) in [6.45, 7) is 4.62. The molecule has 0 aliphatic heterocycles. The van der Waals surface area contributed by atoms with Gasteiger partial charge in [-0.2, -0.15) is 0 Å². The van der Waals surface area contributed by atoms with Crippen LogP contribution in [0.2, 0.25) is 0 Å². The third kappa shape index (κ3) is 11.3. The minimum atomic E-state index is -0.679. The van der Waals surface area contributed by atoms with Crippen LogP contribution < -0.4 is 4.74 Å². The number of hydrogen-bond donors (Lipinski definition) is 0. The van der Waals surface area contributed by atoms with Gasteiger partial charge in [-0.15, -0.1) is 0 Å². The minimum absolute atomic E-state index is 0.676. The third-order valence-electron chi connectivity index (χ3n) is 5.67. The van der Waals surface area contributed by atoms with Crippen LogP contribution in [-0.2, 0) is 6.42 Å². The van der Waals surface area contributed by atoms with Gasteiger partial charge in [-0.05, 0) is 38.2 Å². The molecule has 172 valence electrons. The molecule has 1 unspecified atom stereocenters. The maximum absolute atomic E-state index is 12.8. The zero-order chi connectivity index (χ0) is 22.2. The number of alkyl halides is 1. The van der Waals surface area contributed by atoms with Crippen molar-refractivity contribution in [2.24, 2.45) is 0 Å². The smallest absolute Gasteiger partial charge is 0.159 e. The number of benzene rings is 1. The monoisotopic (exact) mass is 428 g/mol. The number of nitrogens with zero attached hydrogens (tertiary/aromatic N) is 2. The Morgan fingerprint density at radius 2 is 1.42 bits per heavy atom. The van der Waals surface area contributed by atoms with Crippen LogP contribution >= 0.6 is 0 Å². The molecule has 2 aromatic rings. The van der Waals surface area contributed by atoms with Crippen LogP contribution in [-0.4, -0.2) is 22.7 Å². The molecule has 0 saturated carbocycles. The van der Waals surface area contributed by atoms with Crippen molar-refractivity contribution in [1.82, 2.24) is 9.97 Å². The van der Waals surface area contributed by atoms with Crippen LogP contribution in [0.15, 0.2) is 36.7 Å². The Labute approximate surface area is 188 Å². The van der Waals surface area contributed by atoms with Crippen LogP contribution in [0.4, 0.5) is 4.39 Å². The lowest BCUT2D eigenvalue weighted by atomic mass is 10.0. The predicted molar refractivity (Wildman–Crippen MR) is 128 cm³/mol. The van der Waals surface area contributed by atoms with Crippen molar-refractivity contribution in [3.8, 4) is 17.1 Å². The van der Waals surface area contributed by atoms with E-state index in [1.807, 2.05) is 0 Å². The zero-order valence-electron chi connectivity index (χ0n) is 19.6. The average molecular weight is 429 g/mol. The van der Waals surface area contributed by atoms with Crippen LogP contribution in [0, 0.1) is 0 Å². The SMILES string of the molecule is CCCCCCCCCCOc1cnc(-c2ccc(CCCCCC(C)F)cc2)nc1. The van der Waals surface area contributed by atoms with E-state index in [9.17, 15) is 4.39 Å². The van der Waals surface area contributed by atoms with Crippen molar-refractivity contribution in [3.63, 3.8) is 0 Å². The first-order valence-corrected chi connectivity index (χ1v) is 12.4. The van der Waals surface area contributed by atoms with E-state index in [1.165, 1.54) is 50.5 Å². The lowest BCUT2D eigenvalue weighted by Crippen LogP contribution is -1.99.